The smallest absolute Gasteiger partial charge is 0.258 e. The summed E-state index contributed by atoms with van der Waals surface area (Å²) < 4.78 is 17.5. The van der Waals surface area contributed by atoms with Crippen LogP contribution in [-0.2, 0) is 13.6 Å². The van der Waals surface area contributed by atoms with Crippen LogP contribution in [0.3, 0.4) is 0 Å². The summed E-state index contributed by atoms with van der Waals surface area (Å²) in [6.45, 7) is 0.261. The molecule has 1 N–H and O–H groups in total. The largest absolute Gasteiger partial charge is 0.479 e. The predicted octanol–water partition coefficient (Wildman–Crippen LogP) is 2.21. The Morgan fingerprint density at radius 2 is 2.23 bits per heavy atom. The van der Waals surface area contributed by atoms with E-state index >= 15 is 0 Å². The van der Waals surface area contributed by atoms with Gasteiger partial charge in [-0.3, -0.25) is 9.48 Å². The molecule has 0 bridgehead atoms. The van der Waals surface area contributed by atoms with E-state index in [-0.39, 0.29) is 18.3 Å². The molecule has 0 atom stereocenters. The van der Waals surface area contributed by atoms with Gasteiger partial charge in [-0.2, -0.15) is 0 Å². The maximum absolute atomic E-state index is 12.1. The van der Waals surface area contributed by atoms with Gasteiger partial charge in [-0.1, -0.05) is 0 Å². The van der Waals surface area contributed by atoms with Gasteiger partial charge in [0.25, 0.3) is 5.91 Å². The summed E-state index contributed by atoms with van der Waals surface area (Å²) in [5, 5.41) is 6.81. The van der Waals surface area contributed by atoms with E-state index in [4.69, 9.17) is 13.6 Å². The average molecular weight is 301 g/mol. The predicted molar refractivity (Wildman–Crippen MR) is 77.3 cm³/mol. The van der Waals surface area contributed by atoms with Crippen molar-refractivity contribution in [1.29, 1.82) is 0 Å². The van der Waals surface area contributed by atoms with Gasteiger partial charge in [-0.25, -0.2) is 0 Å². The van der Waals surface area contributed by atoms with Crippen molar-refractivity contribution in [3.05, 3.63) is 48.0 Å². The van der Waals surface area contributed by atoms with Gasteiger partial charge in [0.2, 0.25) is 5.88 Å². The minimum absolute atomic E-state index is 0.261. The number of hydrogen-bond donors (Lipinski definition) is 1. The van der Waals surface area contributed by atoms with Gasteiger partial charge in [-0.05, 0) is 24.3 Å². The highest BCUT2D eigenvalue weighted by Gasteiger charge is 2.16. The summed E-state index contributed by atoms with van der Waals surface area (Å²) in [5.74, 6) is 1.90. The van der Waals surface area contributed by atoms with Crippen molar-refractivity contribution < 1.29 is 18.4 Å². The van der Waals surface area contributed by atoms with Gasteiger partial charge in [0.1, 0.15) is 11.3 Å². The van der Waals surface area contributed by atoms with Crippen molar-refractivity contribution in [2.75, 3.05) is 7.11 Å². The molecule has 0 aliphatic carbocycles. The summed E-state index contributed by atoms with van der Waals surface area (Å²) >= 11 is 0. The minimum Gasteiger partial charge on any atom is -0.479 e. The molecule has 0 spiro atoms. The zero-order chi connectivity index (χ0) is 15.5. The van der Waals surface area contributed by atoms with Gasteiger partial charge in [0, 0.05) is 13.2 Å². The second kappa shape index (κ2) is 5.80. The fourth-order valence-electron chi connectivity index (χ4n) is 2.06. The Labute approximate surface area is 126 Å². The molecule has 0 saturated heterocycles. The lowest BCUT2D eigenvalue weighted by atomic mass is 10.3. The van der Waals surface area contributed by atoms with Crippen LogP contribution in [0.25, 0.3) is 11.5 Å². The number of aromatic nitrogens is 2. The number of ether oxygens (including phenoxy) is 1. The van der Waals surface area contributed by atoms with Crippen molar-refractivity contribution in [3.8, 4) is 17.4 Å². The zero-order valence-corrected chi connectivity index (χ0v) is 12.2. The number of carbonyl (C=O) groups excluding carboxylic acids is 1. The summed E-state index contributed by atoms with van der Waals surface area (Å²) in [5.41, 5.74) is 0.378. The van der Waals surface area contributed by atoms with Crippen LogP contribution in [0.5, 0.6) is 5.88 Å². The maximum atomic E-state index is 12.1. The molecular formula is C15H15N3O4. The molecule has 114 valence electrons. The van der Waals surface area contributed by atoms with Crippen LogP contribution >= 0.6 is 0 Å². The number of furan rings is 2. The van der Waals surface area contributed by atoms with Crippen molar-refractivity contribution in [2.24, 2.45) is 7.05 Å². The van der Waals surface area contributed by atoms with Crippen molar-refractivity contribution in [2.45, 2.75) is 6.54 Å². The van der Waals surface area contributed by atoms with E-state index in [1.807, 2.05) is 6.07 Å². The van der Waals surface area contributed by atoms with Gasteiger partial charge in [0.15, 0.2) is 11.5 Å². The molecule has 7 heteroatoms. The third-order valence-electron chi connectivity index (χ3n) is 3.08. The molecule has 0 fully saturated rings. The van der Waals surface area contributed by atoms with Gasteiger partial charge in [-0.15, -0.1) is 5.10 Å². The molecule has 3 rings (SSSR count). The Morgan fingerprint density at radius 3 is 2.95 bits per heavy atom. The van der Waals surface area contributed by atoms with Crippen LogP contribution in [0.4, 0.5) is 0 Å². The summed E-state index contributed by atoms with van der Waals surface area (Å²) in [6, 6.07) is 7.18. The number of methoxy groups -OCH3 is 1. The first-order valence-electron chi connectivity index (χ1n) is 6.66. The van der Waals surface area contributed by atoms with Crippen LogP contribution in [0, 0.1) is 0 Å². The number of amides is 1. The number of nitrogens with one attached hydrogen (secondary N) is 1. The summed E-state index contributed by atoms with van der Waals surface area (Å²) in [7, 11) is 3.20. The fraction of sp³-hybridized carbons (Fsp3) is 0.200. The first-order valence-corrected chi connectivity index (χ1v) is 6.66. The van der Waals surface area contributed by atoms with E-state index in [9.17, 15) is 4.79 Å². The Bertz CT molecular complexity index is 771. The maximum Gasteiger partial charge on any atom is 0.258 e. The average Bonchev–Trinajstić information content (AvgIpc) is 3.24. The SMILES string of the molecule is COc1nn(C)cc1C(=O)NCc1ccc(-c2ccco2)o1. The van der Waals surface area contributed by atoms with Crippen LogP contribution in [0.1, 0.15) is 16.1 Å². The standard InChI is InChI=1S/C15H15N3O4/c1-18-9-11(15(17-18)20-2)14(19)16-8-10-5-6-13(22-10)12-4-3-7-21-12/h3-7,9H,8H2,1-2H3,(H,16,19). The number of carbonyl (C=O) groups is 1. The van der Waals surface area contributed by atoms with Crippen LogP contribution in [-0.4, -0.2) is 22.8 Å². The van der Waals surface area contributed by atoms with E-state index < -0.39 is 0 Å². The fourth-order valence-corrected chi connectivity index (χ4v) is 2.06. The second-order valence-corrected chi connectivity index (χ2v) is 4.65. The molecule has 7 nitrogen and oxygen atoms in total. The topological polar surface area (TPSA) is 82.4 Å². The lowest BCUT2D eigenvalue weighted by Crippen LogP contribution is -2.22. The van der Waals surface area contributed by atoms with E-state index in [0.29, 0.717) is 22.8 Å². The van der Waals surface area contributed by atoms with Crippen molar-refractivity contribution >= 4 is 5.91 Å². The highest BCUT2D eigenvalue weighted by Crippen LogP contribution is 2.22. The molecule has 1 amide bonds. The lowest BCUT2D eigenvalue weighted by molar-refractivity contribution is 0.0945. The highest BCUT2D eigenvalue weighted by molar-refractivity contribution is 5.96. The van der Waals surface area contributed by atoms with Crippen molar-refractivity contribution in [1.82, 2.24) is 15.1 Å². The molecule has 0 radical (unpaired) electrons. The number of aryl methyl sites for hydroxylation is 1. The quantitative estimate of drug-likeness (QED) is 0.781. The van der Waals surface area contributed by atoms with Crippen molar-refractivity contribution in [3.63, 3.8) is 0 Å². The molecule has 0 aliphatic heterocycles. The monoisotopic (exact) mass is 301 g/mol. The molecule has 0 aliphatic rings. The normalized spacial score (nSPS) is 10.6. The number of nitrogens with zero attached hydrogens (tertiary/aromatic N) is 2. The molecule has 0 unspecified atom stereocenters. The highest BCUT2D eigenvalue weighted by atomic mass is 16.5. The first kappa shape index (κ1) is 14.0. The Hall–Kier alpha value is -2.96. The molecular weight excluding hydrogens is 286 g/mol. The first-order chi connectivity index (χ1) is 10.7. The molecule has 22 heavy (non-hydrogen) atoms. The Balaban J connectivity index is 1.66. The Morgan fingerprint density at radius 1 is 1.36 bits per heavy atom. The molecule has 3 aromatic heterocycles. The molecule has 0 aromatic carbocycles. The third kappa shape index (κ3) is 2.73. The molecule has 3 aromatic rings. The summed E-state index contributed by atoms with van der Waals surface area (Å²) in [6.07, 6.45) is 3.18. The number of rotatable bonds is 5. The Kier molecular flexibility index (Phi) is 3.69. The molecule has 3 heterocycles. The zero-order valence-electron chi connectivity index (χ0n) is 12.2. The van der Waals surface area contributed by atoms with Gasteiger partial charge in [0.05, 0.1) is 19.9 Å². The minimum atomic E-state index is -0.277. The third-order valence-corrected chi connectivity index (χ3v) is 3.08. The van der Waals surface area contributed by atoms with E-state index in [0.717, 1.165) is 0 Å². The van der Waals surface area contributed by atoms with Crippen LogP contribution in [0.2, 0.25) is 0 Å². The molecule has 0 saturated carbocycles. The van der Waals surface area contributed by atoms with Crippen LogP contribution in [0.15, 0.2) is 45.6 Å². The van der Waals surface area contributed by atoms with Gasteiger partial charge >= 0.3 is 0 Å². The van der Waals surface area contributed by atoms with Crippen LogP contribution < -0.4 is 10.1 Å². The second-order valence-electron chi connectivity index (χ2n) is 4.65. The van der Waals surface area contributed by atoms with E-state index in [1.165, 1.54) is 11.8 Å². The van der Waals surface area contributed by atoms with E-state index in [1.54, 1.807) is 37.7 Å². The lowest BCUT2D eigenvalue weighted by Gasteiger charge is -2.02. The number of hydrogen-bond acceptors (Lipinski definition) is 5. The van der Waals surface area contributed by atoms with E-state index in [2.05, 4.69) is 10.4 Å². The summed E-state index contributed by atoms with van der Waals surface area (Å²) in [4.78, 5) is 12.1. The van der Waals surface area contributed by atoms with Gasteiger partial charge < -0.3 is 18.9 Å².